The summed E-state index contributed by atoms with van der Waals surface area (Å²) in [5.41, 5.74) is 4.27. The molecule has 0 spiro atoms. The Balaban J connectivity index is 1.80. The van der Waals surface area contributed by atoms with Gasteiger partial charge < -0.3 is 9.09 Å². The zero-order valence-electron chi connectivity index (χ0n) is 20.2. The van der Waals surface area contributed by atoms with Crippen molar-refractivity contribution in [3.63, 3.8) is 0 Å². The minimum atomic E-state index is -0.199. The van der Waals surface area contributed by atoms with Gasteiger partial charge in [-0.25, -0.2) is 4.98 Å². The van der Waals surface area contributed by atoms with Gasteiger partial charge in [0.1, 0.15) is 5.82 Å². The van der Waals surface area contributed by atoms with Crippen LogP contribution in [-0.4, -0.2) is 26.2 Å². The number of imidazole rings is 1. The normalized spacial score (nSPS) is 11.4. The van der Waals surface area contributed by atoms with Crippen molar-refractivity contribution in [1.29, 1.82) is 0 Å². The number of nitrogens with one attached hydrogen (secondary N) is 1. The van der Waals surface area contributed by atoms with Gasteiger partial charge in [0.15, 0.2) is 5.76 Å². The Bertz CT molecular complexity index is 1210. The predicted octanol–water partition coefficient (Wildman–Crippen LogP) is 6.10. The molecule has 6 nitrogen and oxygen atoms in total. The maximum atomic E-state index is 11.6. The average molecular weight is 459 g/mol. The number of H-pyrrole nitrogens is 1. The zero-order valence-corrected chi connectivity index (χ0v) is 20.2. The molecule has 0 aliphatic rings. The van der Waals surface area contributed by atoms with Gasteiger partial charge in [-0.05, 0) is 19.4 Å². The summed E-state index contributed by atoms with van der Waals surface area (Å²) in [5, 5.41) is 2.42. The van der Waals surface area contributed by atoms with E-state index in [4.69, 9.17) is 9.51 Å². The second kappa shape index (κ2) is 11.7. The molecule has 0 amide bonds. The first kappa shape index (κ1) is 23.8. The molecule has 0 fully saturated rings. The molecular formula is C28H34N4O2. The summed E-state index contributed by atoms with van der Waals surface area (Å²) in [4.78, 5) is 19.2. The Morgan fingerprint density at radius 3 is 2.21 bits per heavy atom. The summed E-state index contributed by atoms with van der Waals surface area (Å²) in [7, 11) is 0. The van der Waals surface area contributed by atoms with Gasteiger partial charge in [0, 0.05) is 30.3 Å². The van der Waals surface area contributed by atoms with E-state index in [9.17, 15) is 4.79 Å². The summed E-state index contributed by atoms with van der Waals surface area (Å²) >= 11 is 0. The van der Waals surface area contributed by atoms with E-state index >= 15 is 0 Å². The maximum Gasteiger partial charge on any atom is 0.280 e. The molecule has 4 aromatic rings. The molecule has 0 saturated heterocycles. The standard InChI is InChI=1S/C28H34N4O2/c1-3-5-17-31(20-24-19-26(33)30-34-24)21-25-27(22-13-9-7-10-14-22)29-28(32(25)18-6-4-2)23-15-11-8-12-16-23/h7-16,19H,3-6,17-18,20-21H2,1-2H3,(H,30,33). The van der Waals surface area contributed by atoms with Gasteiger partial charge in [0.2, 0.25) is 0 Å². The minimum Gasteiger partial charge on any atom is -0.382 e. The van der Waals surface area contributed by atoms with Crippen LogP contribution in [-0.2, 0) is 19.6 Å². The van der Waals surface area contributed by atoms with Crippen LogP contribution in [0, 0.1) is 0 Å². The highest BCUT2D eigenvalue weighted by Gasteiger charge is 2.22. The second-order valence-electron chi connectivity index (χ2n) is 8.71. The van der Waals surface area contributed by atoms with Crippen LogP contribution < -0.4 is 5.56 Å². The highest BCUT2D eigenvalue weighted by Crippen LogP contribution is 2.31. The van der Waals surface area contributed by atoms with Crippen molar-refractivity contribution >= 4 is 0 Å². The summed E-state index contributed by atoms with van der Waals surface area (Å²) in [6.07, 6.45) is 4.37. The molecule has 0 atom stereocenters. The van der Waals surface area contributed by atoms with Gasteiger partial charge in [-0.1, -0.05) is 87.4 Å². The topological polar surface area (TPSA) is 67.1 Å². The average Bonchev–Trinajstić information content (AvgIpc) is 3.45. The van der Waals surface area contributed by atoms with Crippen LogP contribution in [0.4, 0.5) is 0 Å². The summed E-state index contributed by atoms with van der Waals surface area (Å²) < 4.78 is 7.79. The SMILES string of the molecule is CCCCN(Cc1cc(=O)[nH]o1)Cc1c(-c2ccccc2)nc(-c2ccccc2)n1CCCC. The molecule has 2 aromatic carbocycles. The lowest BCUT2D eigenvalue weighted by Gasteiger charge is -2.23. The fraction of sp³-hybridized carbons (Fsp3) is 0.357. The van der Waals surface area contributed by atoms with E-state index < -0.39 is 0 Å². The molecule has 0 aliphatic carbocycles. The third kappa shape index (κ3) is 5.75. The van der Waals surface area contributed by atoms with Crippen molar-refractivity contribution in [1.82, 2.24) is 19.6 Å². The van der Waals surface area contributed by atoms with Crippen molar-refractivity contribution in [3.8, 4) is 22.6 Å². The van der Waals surface area contributed by atoms with Crippen molar-refractivity contribution in [2.24, 2.45) is 0 Å². The van der Waals surface area contributed by atoms with Crippen molar-refractivity contribution < 1.29 is 4.52 Å². The van der Waals surface area contributed by atoms with E-state index in [1.807, 2.05) is 12.1 Å². The molecule has 0 aliphatic heterocycles. The fourth-order valence-electron chi connectivity index (χ4n) is 4.27. The molecule has 0 bridgehead atoms. The molecule has 178 valence electrons. The van der Waals surface area contributed by atoms with Gasteiger partial charge in [-0.2, -0.15) is 5.16 Å². The molecule has 0 saturated carbocycles. The van der Waals surface area contributed by atoms with E-state index in [1.54, 1.807) is 6.07 Å². The number of hydrogen-bond donors (Lipinski definition) is 1. The van der Waals surface area contributed by atoms with Crippen LogP contribution >= 0.6 is 0 Å². The molecule has 6 heteroatoms. The third-order valence-corrected chi connectivity index (χ3v) is 6.04. The molecule has 4 rings (SSSR count). The van der Waals surface area contributed by atoms with Crippen molar-refractivity contribution in [2.75, 3.05) is 6.54 Å². The molecule has 1 N–H and O–H groups in total. The van der Waals surface area contributed by atoms with Crippen molar-refractivity contribution in [3.05, 3.63) is 88.5 Å². The lowest BCUT2D eigenvalue weighted by molar-refractivity contribution is 0.215. The summed E-state index contributed by atoms with van der Waals surface area (Å²) in [6.45, 7) is 7.55. The predicted molar refractivity (Wildman–Crippen MR) is 136 cm³/mol. The quantitative estimate of drug-likeness (QED) is 0.278. The van der Waals surface area contributed by atoms with E-state index in [1.165, 1.54) is 5.69 Å². The zero-order chi connectivity index (χ0) is 23.8. The largest absolute Gasteiger partial charge is 0.382 e. The van der Waals surface area contributed by atoms with Gasteiger partial charge in [0.05, 0.1) is 17.9 Å². The number of aromatic amines is 1. The summed E-state index contributed by atoms with van der Waals surface area (Å²) in [5.74, 6) is 1.66. The molecular weight excluding hydrogens is 424 g/mol. The number of hydrogen-bond acceptors (Lipinski definition) is 4. The number of unbranched alkanes of at least 4 members (excludes halogenated alkanes) is 2. The first-order valence-corrected chi connectivity index (χ1v) is 12.3. The fourth-order valence-corrected chi connectivity index (χ4v) is 4.27. The van der Waals surface area contributed by atoms with E-state index in [0.29, 0.717) is 12.3 Å². The number of nitrogens with zero attached hydrogens (tertiary/aromatic N) is 3. The molecule has 0 radical (unpaired) electrons. The first-order chi connectivity index (χ1) is 16.7. The molecule has 34 heavy (non-hydrogen) atoms. The Morgan fingerprint density at radius 2 is 1.59 bits per heavy atom. The van der Waals surface area contributed by atoms with Gasteiger partial charge in [0.25, 0.3) is 5.56 Å². The Morgan fingerprint density at radius 1 is 0.912 bits per heavy atom. The second-order valence-corrected chi connectivity index (χ2v) is 8.71. The highest BCUT2D eigenvalue weighted by molar-refractivity contribution is 5.68. The van der Waals surface area contributed by atoms with Gasteiger partial charge in [-0.15, -0.1) is 0 Å². The lowest BCUT2D eigenvalue weighted by atomic mass is 10.1. The van der Waals surface area contributed by atoms with Crippen LogP contribution in [0.1, 0.15) is 51.0 Å². The molecule has 2 heterocycles. The Kier molecular flexibility index (Phi) is 8.15. The van der Waals surface area contributed by atoms with Crippen LogP contribution in [0.3, 0.4) is 0 Å². The number of benzene rings is 2. The van der Waals surface area contributed by atoms with E-state index in [2.05, 4.69) is 77.0 Å². The minimum absolute atomic E-state index is 0.199. The molecule has 0 unspecified atom stereocenters. The smallest absolute Gasteiger partial charge is 0.280 e. The van der Waals surface area contributed by atoms with Crippen LogP contribution in [0.5, 0.6) is 0 Å². The van der Waals surface area contributed by atoms with Crippen LogP contribution in [0.25, 0.3) is 22.6 Å². The summed E-state index contributed by atoms with van der Waals surface area (Å²) in [6, 6.07) is 22.4. The van der Waals surface area contributed by atoms with Crippen LogP contribution in [0.2, 0.25) is 0 Å². The first-order valence-electron chi connectivity index (χ1n) is 12.3. The van der Waals surface area contributed by atoms with Crippen LogP contribution in [0.15, 0.2) is 76.0 Å². The lowest BCUT2D eigenvalue weighted by Crippen LogP contribution is -2.26. The van der Waals surface area contributed by atoms with Gasteiger partial charge in [-0.3, -0.25) is 9.69 Å². The maximum absolute atomic E-state index is 11.6. The Hall–Kier alpha value is -3.38. The van der Waals surface area contributed by atoms with E-state index in [0.717, 1.165) is 68.0 Å². The Labute approximate surface area is 201 Å². The van der Waals surface area contributed by atoms with Crippen molar-refractivity contribution in [2.45, 2.75) is 59.2 Å². The molecule has 2 aromatic heterocycles. The monoisotopic (exact) mass is 458 g/mol. The van der Waals surface area contributed by atoms with Gasteiger partial charge >= 0.3 is 0 Å². The third-order valence-electron chi connectivity index (χ3n) is 6.04. The number of aromatic nitrogens is 3. The highest BCUT2D eigenvalue weighted by atomic mass is 16.5. The van der Waals surface area contributed by atoms with E-state index in [-0.39, 0.29) is 5.56 Å². The number of rotatable bonds is 12.